The molecule has 0 aliphatic rings. The maximum absolute atomic E-state index is 12.7. The first-order chi connectivity index (χ1) is 9.05. The molecule has 0 bridgehead atoms. The molecule has 1 aromatic rings. The van der Waals surface area contributed by atoms with E-state index < -0.39 is 11.7 Å². The Balaban J connectivity index is 2.33. The molecule has 1 N–H and O–H groups in total. The summed E-state index contributed by atoms with van der Waals surface area (Å²) < 4.78 is 43.1. The fourth-order valence-corrected chi connectivity index (χ4v) is 1.88. The van der Waals surface area contributed by atoms with Gasteiger partial charge in [0.15, 0.2) is 0 Å². The van der Waals surface area contributed by atoms with Crippen LogP contribution < -0.4 is 5.32 Å². The Kier molecular flexibility index (Phi) is 6.87. The monoisotopic (exact) mass is 275 g/mol. The largest absolute Gasteiger partial charge is 0.416 e. The molecule has 0 heterocycles. The number of alkyl halides is 3. The number of aryl methyl sites for hydroxylation is 1. The van der Waals surface area contributed by atoms with Gasteiger partial charge in [0.1, 0.15) is 0 Å². The minimum atomic E-state index is -4.26. The quantitative estimate of drug-likeness (QED) is 0.735. The van der Waals surface area contributed by atoms with E-state index in [1.54, 1.807) is 19.2 Å². The summed E-state index contributed by atoms with van der Waals surface area (Å²) >= 11 is 0. The number of hydrogen-bond acceptors (Lipinski definition) is 2. The molecule has 0 radical (unpaired) electrons. The van der Waals surface area contributed by atoms with E-state index in [-0.39, 0.29) is 0 Å². The van der Waals surface area contributed by atoms with Crippen LogP contribution in [0.2, 0.25) is 0 Å². The molecule has 5 heteroatoms. The smallest absolute Gasteiger partial charge is 0.383 e. The second-order valence-corrected chi connectivity index (χ2v) is 4.35. The summed E-state index contributed by atoms with van der Waals surface area (Å²) in [6.45, 7) is 2.23. The third-order valence-electron chi connectivity index (χ3n) is 2.86. The minimum Gasteiger partial charge on any atom is -0.383 e. The minimum absolute atomic E-state index is 0.381. The summed E-state index contributed by atoms with van der Waals surface area (Å²) in [6, 6.07) is 5.79. The van der Waals surface area contributed by atoms with Crippen LogP contribution in [0.3, 0.4) is 0 Å². The molecule has 0 atom stereocenters. The van der Waals surface area contributed by atoms with Crippen molar-refractivity contribution in [3.05, 3.63) is 35.4 Å². The predicted octanol–water partition coefficient (Wildman–Crippen LogP) is 3.26. The highest BCUT2D eigenvalue weighted by Gasteiger charge is 2.32. The fraction of sp³-hybridized carbons (Fsp3) is 0.571. The van der Waals surface area contributed by atoms with E-state index in [2.05, 4.69) is 5.32 Å². The molecule has 0 spiro atoms. The maximum atomic E-state index is 12.7. The topological polar surface area (TPSA) is 21.3 Å². The van der Waals surface area contributed by atoms with Crippen molar-refractivity contribution in [1.29, 1.82) is 0 Å². The normalized spacial score (nSPS) is 11.8. The number of methoxy groups -OCH3 is 1. The standard InChI is InChI=1S/C14H20F3NO/c1-19-11-10-18-9-5-4-7-12-6-2-3-8-13(12)14(15,16)17/h2-3,6,8,18H,4-5,7,9-11H2,1H3. The number of hydrogen-bond donors (Lipinski definition) is 1. The molecular weight excluding hydrogens is 255 g/mol. The Morgan fingerprint density at radius 1 is 1.11 bits per heavy atom. The molecule has 1 rings (SSSR count). The van der Waals surface area contributed by atoms with Crippen LogP contribution in [0.25, 0.3) is 0 Å². The lowest BCUT2D eigenvalue weighted by Gasteiger charge is -2.12. The van der Waals surface area contributed by atoms with Gasteiger partial charge in [-0.25, -0.2) is 0 Å². The molecule has 0 fully saturated rings. The predicted molar refractivity (Wildman–Crippen MR) is 69.1 cm³/mol. The fourth-order valence-electron chi connectivity index (χ4n) is 1.88. The zero-order valence-corrected chi connectivity index (χ0v) is 11.1. The van der Waals surface area contributed by atoms with E-state index in [4.69, 9.17) is 4.74 Å². The molecular formula is C14H20F3NO. The van der Waals surface area contributed by atoms with Gasteiger partial charge in [0, 0.05) is 13.7 Å². The van der Waals surface area contributed by atoms with Gasteiger partial charge in [0.05, 0.1) is 12.2 Å². The van der Waals surface area contributed by atoms with Crippen LogP contribution in [0.4, 0.5) is 13.2 Å². The van der Waals surface area contributed by atoms with Gasteiger partial charge in [0.25, 0.3) is 0 Å². The van der Waals surface area contributed by atoms with E-state index in [1.165, 1.54) is 6.07 Å². The van der Waals surface area contributed by atoms with Crippen LogP contribution in [-0.4, -0.2) is 26.8 Å². The van der Waals surface area contributed by atoms with Crippen LogP contribution in [0, 0.1) is 0 Å². The van der Waals surface area contributed by atoms with Gasteiger partial charge in [-0.2, -0.15) is 13.2 Å². The van der Waals surface area contributed by atoms with Gasteiger partial charge < -0.3 is 10.1 Å². The Labute approximate surface area is 112 Å². The van der Waals surface area contributed by atoms with Crippen LogP contribution in [-0.2, 0) is 17.3 Å². The van der Waals surface area contributed by atoms with E-state index in [9.17, 15) is 13.2 Å². The van der Waals surface area contributed by atoms with Crippen molar-refractivity contribution in [2.45, 2.75) is 25.4 Å². The Morgan fingerprint density at radius 2 is 1.84 bits per heavy atom. The van der Waals surface area contributed by atoms with Gasteiger partial charge in [0.2, 0.25) is 0 Å². The van der Waals surface area contributed by atoms with E-state index >= 15 is 0 Å². The van der Waals surface area contributed by atoms with Crippen molar-refractivity contribution in [1.82, 2.24) is 5.32 Å². The SMILES string of the molecule is COCCNCCCCc1ccccc1C(F)(F)F. The Bertz CT molecular complexity index is 366. The number of rotatable bonds is 8. The van der Waals surface area contributed by atoms with Crippen LogP contribution >= 0.6 is 0 Å². The lowest BCUT2D eigenvalue weighted by Crippen LogP contribution is -2.20. The molecule has 0 aromatic heterocycles. The first-order valence-electron chi connectivity index (χ1n) is 6.40. The molecule has 0 saturated carbocycles. The molecule has 0 amide bonds. The molecule has 0 aliphatic carbocycles. The number of benzene rings is 1. The summed E-state index contributed by atoms with van der Waals surface area (Å²) in [7, 11) is 1.63. The lowest BCUT2D eigenvalue weighted by atomic mass is 10.0. The van der Waals surface area contributed by atoms with Crippen molar-refractivity contribution in [2.75, 3.05) is 26.8 Å². The average molecular weight is 275 g/mol. The number of ether oxygens (including phenoxy) is 1. The summed E-state index contributed by atoms with van der Waals surface area (Å²) in [5.41, 5.74) is -0.130. The summed E-state index contributed by atoms with van der Waals surface area (Å²) in [5.74, 6) is 0. The first kappa shape index (κ1) is 16.0. The van der Waals surface area contributed by atoms with Crippen molar-refractivity contribution < 1.29 is 17.9 Å². The Hall–Kier alpha value is -1.07. The van der Waals surface area contributed by atoms with E-state index in [1.807, 2.05) is 0 Å². The molecule has 19 heavy (non-hydrogen) atoms. The second kappa shape index (κ2) is 8.17. The molecule has 0 aliphatic heterocycles. The van der Waals surface area contributed by atoms with E-state index in [0.717, 1.165) is 32.0 Å². The number of unbranched alkanes of at least 4 members (excludes halogenated alkanes) is 1. The van der Waals surface area contributed by atoms with Gasteiger partial charge >= 0.3 is 6.18 Å². The first-order valence-corrected chi connectivity index (χ1v) is 6.40. The van der Waals surface area contributed by atoms with Gasteiger partial charge in [-0.3, -0.25) is 0 Å². The van der Waals surface area contributed by atoms with Gasteiger partial charge in [-0.05, 0) is 37.4 Å². The highest BCUT2D eigenvalue weighted by molar-refractivity contribution is 5.29. The van der Waals surface area contributed by atoms with Crippen molar-refractivity contribution in [2.24, 2.45) is 0 Å². The Morgan fingerprint density at radius 3 is 2.53 bits per heavy atom. The highest BCUT2D eigenvalue weighted by Crippen LogP contribution is 2.32. The highest BCUT2D eigenvalue weighted by atomic mass is 19.4. The molecule has 0 saturated heterocycles. The zero-order chi connectivity index (χ0) is 14.1. The maximum Gasteiger partial charge on any atom is 0.416 e. The van der Waals surface area contributed by atoms with Crippen molar-refractivity contribution >= 4 is 0 Å². The number of halogens is 3. The average Bonchev–Trinajstić information content (AvgIpc) is 2.37. The molecule has 0 unspecified atom stereocenters. The zero-order valence-electron chi connectivity index (χ0n) is 11.1. The van der Waals surface area contributed by atoms with Crippen molar-refractivity contribution in [3.8, 4) is 0 Å². The molecule has 1 aromatic carbocycles. The third-order valence-corrected chi connectivity index (χ3v) is 2.86. The summed E-state index contributed by atoms with van der Waals surface area (Å²) in [5, 5.41) is 3.17. The van der Waals surface area contributed by atoms with Crippen LogP contribution in [0.1, 0.15) is 24.0 Å². The van der Waals surface area contributed by atoms with Crippen LogP contribution in [0.15, 0.2) is 24.3 Å². The third kappa shape index (κ3) is 6.07. The number of nitrogens with one attached hydrogen (secondary N) is 1. The lowest BCUT2D eigenvalue weighted by molar-refractivity contribution is -0.138. The summed E-state index contributed by atoms with van der Waals surface area (Å²) in [6.07, 6.45) is -2.20. The molecule has 108 valence electrons. The summed E-state index contributed by atoms with van der Waals surface area (Å²) in [4.78, 5) is 0. The van der Waals surface area contributed by atoms with Crippen molar-refractivity contribution in [3.63, 3.8) is 0 Å². The van der Waals surface area contributed by atoms with Gasteiger partial charge in [-0.15, -0.1) is 0 Å². The second-order valence-electron chi connectivity index (χ2n) is 4.35. The van der Waals surface area contributed by atoms with Crippen LogP contribution in [0.5, 0.6) is 0 Å². The molecule has 2 nitrogen and oxygen atoms in total. The van der Waals surface area contributed by atoms with Gasteiger partial charge in [-0.1, -0.05) is 18.2 Å². The van der Waals surface area contributed by atoms with E-state index in [0.29, 0.717) is 18.6 Å².